The molecule has 1 aromatic carbocycles. The number of halogens is 3. The molecule has 0 radical (unpaired) electrons. The second-order valence-corrected chi connectivity index (χ2v) is 7.97. The van der Waals surface area contributed by atoms with Crippen molar-refractivity contribution in [1.82, 2.24) is 10.6 Å². The van der Waals surface area contributed by atoms with Crippen LogP contribution in [0, 0.1) is 18.8 Å². The van der Waals surface area contributed by atoms with Crippen molar-refractivity contribution in [2.75, 3.05) is 19.7 Å². The summed E-state index contributed by atoms with van der Waals surface area (Å²) in [6, 6.07) is 3.35. The van der Waals surface area contributed by atoms with Gasteiger partial charge in [-0.1, -0.05) is 0 Å². The Bertz CT molecular complexity index is 720. The highest BCUT2D eigenvalue weighted by Gasteiger charge is 2.68. The van der Waals surface area contributed by atoms with Crippen molar-refractivity contribution in [1.29, 1.82) is 0 Å². The van der Waals surface area contributed by atoms with Gasteiger partial charge in [-0.25, -0.2) is 0 Å². The van der Waals surface area contributed by atoms with Gasteiger partial charge in [-0.2, -0.15) is 13.2 Å². The molecule has 8 heteroatoms. The molecule has 2 fully saturated rings. The van der Waals surface area contributed by atoms with E-state index in [2.05, 4.69) is 10.6 Å². The summed E-state index contributed by atoms with van der Waals surface area (Å²) >= 11 is 0. The Morgan fingerprint density at radius 2 is 2.12 bits per heavy atom. The Labute approximate surface area is 150 Å². The van der Waals surface area contributed by atoms with Crippen molar-refractivity contribution in [3.05, 3.63) is 29.3 Å². The van der Waals surface area contributed by atoms with Crippen LogP contribution in [0.3, 0.4) is 0 Å². The Hall–Kier alpha value is -1.80. The number of carbonyl (C=O) groups is 1. The maximum absolute atomic E-state index is 12.7. The number of fused-ring (bicyclic) bond motifs is 1. The zero-order valence-corrected chi connectivity index (χ0v) is 15.0. The second-order valence-electron chi connectivity index (χ2n) is 7.97. The quantitative estimate of drug-likeness (QED) is 0.738. The lowest BCUT2D eigenvalue weighted by Crippen LogP contribution is -2.50. The highest BCUT2D eigenvalue weighted by atomic mass is 19.4. The first kappa shape index (κ1) is 19.0. The van der Waals surface area contributed by atoms with Gasteiger partial charge in [0.15, 0.2) is 0 Å². The summed E-state index contributed by atoms with van der Waals surface area (Å²) < 4.78 is 43.8. The van der Waals surface area contributed by atoms with Crippen molar-refractivity contribution in [3.63, 3.8) is 0 Å². The fourth-order valence-electron chi connectivity index (χ4n) is 3.65. The first-order chi connectivity index (χ1) is 11.9. The predicted molar refractivity (Wildman–Crippen MR) is 90.7 cm³/mol. The van der Waals surface area contributed by atoms with Crippen LogP contribution in [0.1, 0.15) is 25.0 Å². The van der Waals surface area contributed by atoms with Crippen molar-refractivity contribution in [3.8, 4) is 5.75 Å². The molecule has 5 nitrogen and oxygen atoms in total. The summed E-state index contributed by atoms with van der Waals surface area (Å²) in [7, 11) is 0. The minimum absolute atomic E-state index is 0.100. The van der Waals surface area contributed by atoms with Crippen LogP contribution in [0.15, 0.2) is 18.2 Å². The molecule has 0 bridgehead atoms. The smallest absolute Gasteiger partial charge is 0.416 e. The normalized spacial score (nSPS) is 27.8. The summed E-state index contributed by atoms with van der Waals surface area (Å²) in [5, 5.41) is 6.11. The van der Waals surface area contributed by atoms with Crippen LogP contribution in [0.25, 0.3) is 0 Å². The summed E-state index contributed by atoms with van der Waals surface area (Å²) in [4.78, 5) is 12.5. The molecule has 1 heterocycles. The molecule has 3 rings (SSSR count). The molecule has 26 heavy (non-hydrogen) atoms. The number of nitrogens with two attached hydrogens (primary N) is 1. The third kappa shape index (κ3) is 3.53. The number of nitrogens with one attached hydrogen (secondary N) is 2. The van der Waals surface area contributed by atoms with Gasteiger partial charge < -0.3 is 21.1 Å². The first-order valence-corrected chi connectivity index (χ1v) is 8.56. The number of ether oxygens (including phenoxy) is 1. The Kier molecular flexibility index (Phi) is 4.47. The minimum atomic E-state index is -4.38. The fraction of sp³-hybridized carbons (Fsp3) is 0.611. The second kappa shape index (κ2) is 6.13. The number of carbonyl (C=O) groups excluding carboxylic acids is 1. The van der Waals surface area contributed by atoms with E-state index in [4.69, 9.17) is 10.5 Å². The average molecular weight is 371 g/mol. The fourth-order valence-corrected chi connectivity index (χ4v) is 3.65. The number of piperidine rings is 1. The molecule has 144 valence electrons. The third-order valence-corrected chi connectivity index (χ3v) is 5.19. The van der Waals surface area contributed by atoms with E-state index >= 15 is 0 Å². The highest BCUT2D eigenvalue weighted by Crippen LogP contribution is 2.51. The molecule has 1 saturated carbocycles. The molecule has 4 N–H and O–H groups in total. The molecule has 0 aromatic heterocycles. The van der Waals surface area contributed by atoms with E-state index < -0.39 is 22.8 Å². The molecule has 1 saturated heterocycles. The van der Waals surface area contributed by atoms with Gasteiger partial charge in [0, 0.05) is 24.5 Å². The van der Waals surface area contributed by atoms with E-state index in [1.165, 1.54) is 6.07 Å². The number of aryl methyl sites for hydroxylation is 1. The summed E-state index contributed by atoms with van der Waals surface area (Å²) in [6.07, 6.45) is -4.38. The van der Waals surface area contributed by atoms with E-state index in [0.717, 1.165) is 18.7 Å². The summed E-state index contributed by atoms with van der Waals surface area (Å²) in [5.41, 5.74) is 4.76. The van der Waals surface area contributed by atoms with Gasteiger partial charge in [0.2, 0.25) is 5.91 Å². The van der Waals surface area contributed by atoms with Crippen molar-refractivity contribution >= 4 is 5.91 Å². The Morgan fingerprint density at radius 1 is 1.42 bits per heavy atom. The lowest BCUT2D eigenvalue weighted by atomic mass is 10.1. The number of alkyl halides is 3. The molecular formula is C18H24F3N3O2. The van der Waals surface area contributed by atoms with E-state index in [1.807, 2.05) is 13.8 Å². The van der Waals surface area contributed by atoms with Gasteiger partial charge in [-0.05, 0) is 44.5 Å². The van der Waals surface area contributed by atoms with Gasteiger partial charge in [-0.15, -0.1) is 0 Å². The zero-order chi connectivity index (χ0) is 19.3. The van der Waals surface area contributed by atoms with Crippen LogP contribution in [-0.4, -0.2) is 36.7 Å². The molecule has 3 unspecified atom stereocenters. The molecule has 1 amide bonds. The number of benzene rings is 1. The molecule has 1 aliphatic carbocycles. The van der Waals surface area contributed by atoms with E-state index in [0.29, 0.717) is 17.9 Å². The lowest BCUT2D eigenvalue weighted by Gasteiger charge is -2.27. The number of hydrogen-bond acceptors (Lipinski definition) is 4. The zero-order valence-electron chi connectivity index (χ0n) is 15.0. The molecular weight excluding hydrogens is 347 g/mol. The molecule has 3 atom stereocenters. The van der Waals surface area contributed by atoms with Crippen molar-refractivity contribution < 1.29 is 22.7 Å². The van der Waals surface area contributed by atoms with E-state index in [9.17, 15) is 18.0 Å². The monoisotopic (exact) mass is 371 g/mol. The molecule has 2 aliphatic rings. The van der Waals surface area contributed by atoms with Gasteiger partial charge in [0.05, 0.1) is 17.0 Å². The Morgan fingerprint density at radius 3 is 2.65 bits per heavy atom. The Balaban J connectivity index is 1.58. The van der Waals surface area contributed by atoms with Crippen LogP contribution in [0.5, 0.6) is 5.75 Å². The third-order valence-electron chi connectivity index (χ3n) is 5.19. The standard InChI is InChI=1S/C18H24F3N3O2/c1-10-6-11(18(19,20)21)4-5-13(10)26-9-16(2,3)24-15(25)14-12-7-23-8-17(12,14)22/h4-6,12,14,23H,7-9,22H2,1-3H3,(H,24,25). The molecule has 0 spiro atoms. The SMILES string of the molecule is Cc1cc(C(F)(F)F)ccc1OCC(C)(C)NC(=O)C1C2CNCC21N. The molecule has 1 aromatic rings. The van der Waals surface area contributed by atoms with E-state index in [1.54, 1.807) is 6.92 Å². The van der Waals surface area contributed by atoms with Gasteiger partial charge >= 0.3 is 6.18 Å². The summed E-state index contributed by atoms with van der Waals surface area (Å²) in [5.74, 6) is 0.229. The van der Waals surface area contributed by atoms with Crippen LogP contribution < -0.4 is 21.1 Å². The summed E-state index contributed by atoms with van der Waals surface area (Å²) in [6.45, 7) is 6.70. The maximum atomic E-state index is 12.7. The van der Waals surface area contributed by atoms with Crippen LogP contribution >= 0.6 is 0 Å². The molecule has 1 aliphatic heterocycles. The van der Waals surface area contributed by atoms with Crippen molar-refractivity contribution in [2.24, 2.45) is 17.6 Å². The van der Waals surface area contributed by atoms with Crippen LogP contribution in [0.4, 0.5) is 13.2 Å². The lowest BCUT2D eigenvalue weighted by molar-refractivity contribution is -0.137. The van der Waals surface area contributed by atoms with Gasteiger partial charge in [0.1, 0.15) is 12.4 Å². The average Bonchev–Trinajstić information content (AvgIpc) is 2.90. The number of hydrogen-bond donors (Lipinski definition) is 3. The largest absolute Gasteiger partial charge is 0.491 e. The van der Waals surface area contributed by atoms with E-state index in [-0.39, 0.29) is 24.3 Å². The first-order valence-electron chi connectivity index (χ1n) is 8.56. The van der Waals surface area contributed by atoms with Crippen molar-refractivity contribution in [2.45, 2.75) is 38.0 Å². The minimum Gasteiger partial charge on any atom is -0.491 e. The predicted octanol–water partition coefficient (Wildman–Crippen LogP) is 1.83. The maximum Gasteiger partial charge on any atom is 0.416 e. The van der Waals surface area contributed by atoms with Gasteiger partial charge in [0.25, 0.3) is 0 Å². The van der Waals surface area contributed by atoms with Crippen LogP contribution in [0.2, 0.25) is 0 Å². The highest BCUT2D eigenvalue weighted by molar-refractivity contribution is 5.85. The van der Waals surface area contributed by atoms with Gasteiger partial charge in [-0.3, -0.25) is 4.79 Å². The number of amides is 1. The topological polar surface area (TPSA) is 76.4 Å². The van der Waals surface area contributed by atoms with Crippen LogP contribution in [-0.2, 0) is 11.0 Å². The number of rotatable bonds is 5.